The van der Waals surface area contributed by atoms with Crippen LogP contribution in [0.15, 0.2) is 0 Å². The molecule has 0 aliphatic carbocycles. The van der Waals surface area contributed by atoms with Crippen molar-refractivity contribution in [3.63, 3.8) is 0 Å². The maximum absolute atomic E-state index is 12.7. The van der Waals surface area contributed by atoms with Crippen molar-refractivity contribution in [1.82, 2.24) is 0 Å². The number of ether oxygens (including phenoxy) is 4. The average molecular weight is 382 g/mol. The van der Waals surface area contributed by atoms with Crippen molar-refractivity contribution < 1.29 is 58.5 Å². The van der Waals surface area contributed by atoms with Crippen molar-refractivity contribution in [1.29, 1.82) is 0 Å². The van der Waals surface area contributed by atoms with E-state index in [9.17, 15) is 39.5 Å². The molecule has 0 rings (SSSR count). The van der Waals surface area contributed by atoms with Gasteiger partial charge < -0.3 is 18.9 Å². The Hall–Kier alpha value is -0.790. The molecule has 0 heterocycles. The van der Waals surface area contributed by atoms with Crippen LogP contribution in [0.4, 0.5) is 39.5 Å². The molecule has 0 saturated carbocycles. The van der Waals surface area contributed by atoms with Crippen LogP contribution < -0.4 is 0 Å². The monoisotopic (exact) mass is 382 g/mol. The number of halogens is 9. The van der Waals surface area contributed by atoms with E-state index in [1.165, 1.54) is 0 Å². The number of hydrogen-bond acceptors (Lipinski definition) is 4. The quantitative estimate of drug-likeness (QED) is 0.575. The third-order valence-electron chi connectivity index (χ3n) is 2.60. The van der Waals surface area contributed by atoms with Gasteiger partial charge in [0.25, 0.3) is 0 Å². The second kappa shape index (κ2) is 9.06. The van der Waals surface area contributed by atoms with E-state index in [0.717, 1.165) is 7.11 Å². The van der Waals surface area contributed by atoms with Crippen molar-refractivity contribution in [2.45, 2.75) is 36.8 Å². The van der Waals surface area contributed by atoms with Crippen LogP contribution in [0.25, 0.3) is 0 Å². The minimum absolute atomic E-state index is 0.596. The molecular formula is C11H15F9O4. The van der Waals surface area contributed by atoms with Gasteiger partial charge in [0.1, 0.15) is 0 Å². The van der Waals surface area contributed by atoms with Crippen molar-refractivity contribution in [3.05, 3.63) is 0 Å². The Balaban J connectivity index is 4.86. The van der Waals surface area contributed by atoms with Gasteiger partial charge in [-0.05, 0) is 0 Å². The Morgan fingerprint density at radius 1 is 0.583 bits per heavy atom. The Labute approximate surface area is 130 Å². The highest BCUT2D eigenvalue weighted by Crippen LogP contribution is 2.29. The number of methoxy groups -OCH3 is 2. The molecule has 3 atom stereocenters. The summed E-state index contributed by atoms with van der Waals surface area (Å²) in [6, 6.07) is 0. The molecule has 0 saturated heterocycles. The van der Waals surface area contributed by atoms with Gasteiger partial charge >= 0.3 is 18.5 Å². The van der Waals surface area contributed by atoms with E-state index < -0.39 is 56.7 Å². The summed E-state index contributed by atoms with van der Waals surface area (Å²) < 4.78 is 129. The van der Waals surface area contributed by atoms with Gasteiger partial charge in [0.2, 0.25) is 0 Å². The maximum atomic E-state index is 12.7. The molecule has 3 unspecified atom stereocenters. The highest BCUT2D eigenvalue weighted by Gasteiger charge is 2.47. The number of alkyl halides is 9. The Morgan fingerprint density at radius 3 is 1.21 bits per heavy atom. The molecule has 0 fully saturated rings. The summed E-state index contributed by atoms with van der Waals surface area (Å²) in [5.41, 5.74) is 0. The van der Waals surface area contributed by atoms with Crippen LogP contribution in [-0.2, 0) is 18.9 Å². The highest BCUT2D eigenvalue weighted by molar-refractivity contribution is 4.74. The van der Waals surface area contributed by atoms with Crippen LogP contribution >= 0.6 is 0 Å². The zero-order chi connectivity index (χ0) is 19.2. The summed E-state index contributed by atoms with van der Waals surface area (Å²) in [6.07, 6.45) is -23.6. The second-order valence-corrected chi connectivity index (χ2v) is 4.45. The third kappa shape index (κ3) is 8.35. The molecule has 0 amide bonds. The normalized spacial score (nSPS) is 17.6. The molecule has 0 bridgehead atoms. The molecule has 0 N–H and O–H groups in total. The van der Waals surface area contributed by atoms with Crippen LogP contribution in [0.1, 0.15) is 0 Å². The molecule has 0 aromatic heterocycles. The van der Waals surface area contributed by atoms with Gasteiger partial charge in [0, 0.05) is 14.2 Å². The first-order valence-electron chi connectivity index (χ1n) is 6.18. The molecule has 4 nitrogen and oxygen atoms in total. The molecule has 0 aromatic carbocycles. The number of rotatable bonds is 9. The fourth-order valence-corrected chi connectivity index (χ4v) is 1.33. The SMILES string of the molecule is COCC(OCC(OCC(OC)C(F)(F)F)C(F)(F)F)C(F)(F)F. The molecule has 24 heavy (non-hydrogen) atoms. The van der Waals surface area contributed by atoms with Crippen LogP contribution in [0.2, 0.25) is 0 Å². The van der Waals surface area contributed by atoms with Crippen molar-refractivity contribution in [2.75, 3.05) is 34.0 Å². The molecule has 13 heteroatoms. The van der Waals surface area contributed by atoms with Crippen LogP contribution in [0.3, 0.4) is 0 Å². The van der Waals surface area contributed by atoms with Gasteiger partial charge in [0.15, 0.2) is 18.3 Å². The second-order valence-electron chi connectivity index (χ2n) is 4.45. The van der Waals surface area contributed by atoms with E-state index in [1.54, 1.807) is 0 Å². The largest absolute Gasteiger partial charge is 0.416 e. The van der Waals surface area contributed by atoms with Gasteiger partial charge in [-0.15, -0.1) is 0 Å². The summed E-state index contributed by atoms with van der Waals surface area (Å²) >= 11 is 0. The van der Waals surface area contributed by atoms with E-state index >= 15 is 0 Å². The van der Waals surface area contributed by atoms with Crippen LogP contribution in [0.5, 0.6) is 0 Å². The first-order chi connectivity index (χ1) is 10.7. The Morgan fingerprint density at radius 2 is 0.917 bits per heavy atom. The minimum Gasteiger partial charge on any atom is -0.382 e. The Bertz CT molecular complexity index is 353. The summed E-state index contributed by atoms with van der Waals surface area (Å²) in [5.74, 6) is 0. The smallest absolute Gasteiger partial charge is 0.382 e. The standard InChI is InChI=1S/C11H15F9O4/c1-21-3-7(10(15,16)17)24-5-8(11(18,19)20)23-4-6(22-2)9(12,13)14/h6-8H,3-5H2,1-2H3. The van der Waals surface area contributed by atoms with E-state index in [2.05, 4.69) is 18.9 Å². The van der Waals surface area contributed by atoms with E-state index in [1.807, 2.05) is 0 Å². The summed E-state index contributed by atoms with van der Waals surface area (Å²) in [6.45, 7) is -4.31. The molecule has 146 valence electrons. The fourth-order valence-electron chi connectivity index (χ4n) is 1.33. The zero-order valence-electron chi connectivity index (χ0n) is 12.4. The van der Waals surface area contributed by atoms with E-state index in [0.29, 0.717) is 7.11 Å². The molecule has 0 aliphatic rings. The fraction of sp³-hybridized carbons (Fsp3) is 1.00. The number of hydrogen-bond donors (Lipinski definition) is 0. The van der Waals surface area contributed by atoms with Crippen molar-refractivity contribution in [3.8, 4) is 0 Å². The topological polar surface area (TPSA) is 36.9 Å². The van der Waals surface area contributed by atoms with Gasteiger partial charge in [-0.3, -0.25) is 0 Å². The molecular weight excluding hydrogens is 367 g/mol. The lowest BCUT2D eigenvalue weighted by molar-refractivity contribution is -0.284. The summed E-state index contributed by atoms with van der Waals surface area (Å²) in [5, 5.41) is 0. The van der Waals surface area contributed by atoms with Crippen LogP contribution in [-0.4, -0.2) is 70.9 Å². The van der Waals surface area contributed by atoms with Gasteiger partial charge in [0.05, 0.1) is 19.8 Å². The molecule has 0 spiro atoms. The highest BCUT2D eigenvalue weighted by atomic mass is 19.4. The molecule has 0 aliphatic heterocycles. The summed E-state index contributed by atoms with van der Waals surface area (Å²) in [4.78, 5) is 0. The van der Waals surface area contributed by atoms with E-state index in [4.69, 9.17) is 0 Å². The third-order valence-corrected chi connectivity index (χ3v) is 2.60. The molecule has 0 radical (unpaired) electrons. The lowest BCUT2D eigenvalue weighted by Crippen LogP contribution is -2.44. The predicted octanol–water partition coefficient (Wildman–Crippen LogP) is 3.11. The molecule has 0 aromatic rings. The zero-order valence-corrected chi connectivity index (χ0v) is 12.4. The Kier molecular flexibility index (Phi) is 8.76. The predicted molar refractivity (Wildman–Crippen MR) is 60.3 cm³/mol. The lowest BCUT2D eigenvalue weighted by atomic mass is 10.3. The van der Waals surface area contributed by atoms with Gasteiger partial charge in [-0.2, -0.15) is 39.5 Å². The maximum Gasteiger partial charge on any atom is 0.416 e. The van der Waals surface area contributed by atoms with Crippen LogP contribution in [0, 0.1) is 0 Å². The van der Waals surface area contributed by atoms with Crippen molar-refractivity contribution >= 4 is 0 Å². The minimum atomic E-state index is -5.24. The van der Waals surface area contributed by atoms with E-state index in [-0.39, 0.29) is 0 Å². The lowest BCUT2D eigenvalue weighted by Gasteiger charge is -2.27. The first kappa shape index (κ1) is 23.2. The van der Waals surface area contributed by atoms with Crippen molar-refractivity contribution in [2.24, 2.45) is 0 Å². The summed E-state index contributed by atoms with van der Waals surface area (Å²) in [7, 11) is 1.46. The average Bonchev–Trinajstić information content (AvgIpc) is 2.37. The van der Waals surface area contributed by atoms with Gasteiger partial charge in [-0.1, -0.05) is 0 Å². The first-order valence-corrected chi connectivity index (χ1v) is 6.18. The van der Waals surface area contributed by atoms with Gasteiger partial charge in [-0.25, -0.2) is 0 Å².